The Balaban J connectivity index is 0. The molecule has 0 aliphatic heterocycles. The van der Waals surface area contributed by atoms with Crippen LogP contribution in [0.15, 0.2) is 36.0 Å². The van der Waals surface area contributed by atoms with Crippen molar-refractivity contribution in [3.63, 3.8) is 0 Å². The minimum absolute atomic E-state index is 1.11. The highest BCUT2D eigenvalue weighted by molar-refractivity contribution is 5.39. The summed E-state index contributed by atoms with van der Waals surface area (Å²) in [6.45, 7) is 13.8. The zero-order valence-corrected chi connectivity index (χ0v) is 9.15. The largest absolute Gasteiger partial charge is 0.0985 e. The molecule has 1 aliphatic rings. The quantitative estimate of drug-likeness (QED) is 0.538. The summed E-state index contributed by atoms with van der Waals surface area (Å²) < 4.78 is 0. The standard InChI is InChI=1S/C8H10.2C2H6/c1-3-8-6-4-5-7(8)2;2*1-2/h3-4,6H,1,5H2,2H3;2*1-2H3. The van der Waals surface area contributed by atoms with Gasteiger partial charge in [-0.05, 0) is 18.9 Å². The number of hydrogen-bond donors (Lipinski definition) is 0. The van der Waals surface area contributed by atoms with Gasteiger partial charge in [-0.2, -0.15) is 0 Å². The van der Waals surface area contributed by atoms with Crippen LogP contribution >= 0.6 is 0 Å². The topological polar surface area (TPSA) is 0 Å². The molecule has 0 aromatic carbocycles. The average molecular weight is 166 g/mol. The van der Waals surface area contributed by atoms with Crippen LogP contribution in [0, 0.1) is 0 Å². The van der Waals surface area contributed by atoms with Gasteiger partial charge in [0.15, 0.2) is 0 Å². The van der Waals surface area contributed by atoms with Gasteiger partial charge < -0.3 is 0 Å². The Labute approximate surface area is 77.7 Å². The summed E-state index contributed by atoms with van der Waals surface area (Å²) in [5, 5.41) is 0. The minimum Gasteiger partial charge on any atom is -0.0985 e. The van der Waals surface area contributed by atoms with Crippen LogP contribution in [0.1, 0.15) is 41.0 Å². The molecule has 0 heterocycles. The van der Waals surface area contributed by atoms with Crippen LogP contribution in [0.2, 0.25) is 0 Å². The van der Waals surface area contributed by atoms with E-state index in [0.717, 1.165) is 6.42 Å². The van der Waals surface area contributed by atoms with Crippen molar-refractivity contribution >= 4 is 0 Å². The number of hydrogen-bond acceptors (Lipinski definition) is 0. The van der Waals surface area contributed by atoms with Gasteiger partial charge in [0.2, 0.25) is 0 Å². The first-order chi connectivity index (χ1) is 5.84. The second-order valence-corrected chi connectivity index (χ2v) is 2.05. The summed E-state index contributed by atoms with van der Waals surface area (Å²) >= 11 is 0. The first-order valence-electron chi connectivity index (χ1n) is 4.83. The lowest BCUT2D eigenvalue weighted by Gasteiger charge is -1.89. The molecule has 0 nitrogen and oxygen atoms in total. The highest BCUT2D eigenvalue weighted by Crippen LogP contribution is 2.17. The Morgan fingerprint density at radius 2 is 1.75 bits per heavy atom. The minimum atomic E-state index is 1.11. The second-order valence-electron chi connectivity index (χ2n) is 2.05. The lowest BCUT2D eigenvalue weighted by molar-refractivity contribution is 1.24. The molecule has 0 saturated heterocycles. The maximum Gasteiger partial charge on any atom is -0.0129 e. The number of rotatable bonds is 1. The van der Waals surface area contributed by atoms with Crippen LogP contribution in [0.5, 0.6) is 0 Å². The third-order valence-corrected chi connectivity index (χ3v) is 1.43. The van der Waals surface area contributed by atoms with Crippen LogP contribution in [0.3, 0.4) is 0 Å². The van der Waals surface area contributed by atoms with Crippen LogP contribution < -0.4 is 0 Å². The summed E-state index contributed by atoms with van der Waals surface area (Å²) in [6.07, 6.45) is 7.29. The van der Waals surface area contributed by atoms with Crippen molar-refractivity contribution in [1.82, 2.24) is 0 Å². The average Bonchev–Trinajstić information content (AvgIpc) is 2.58. The van der Waals surface area contributed by atoms with Crippen LogP contribution in [0.4, 0.5) is 0 Å². The molecule has 0 amide bonds. The molecule has 70 valence electrons. The van der Waals surface area contributed by atoms with Gasteiger partial charge in [0, 0.05) is 0 Å². The highest BCUT2D eigenvalue weighted by atomic mass is 14.0. The van der Waals surface area contributed by atoms with Crippen molar-refractivity contribution in [3.05, 3.63) is 36.0 Å². The van der Waals surface area contributed by atoms with Crippen molar-refractivity contribution in [2.75, 3.05) is 0 Å². The summed E-state index contributed by atoms with van der Waals surface area (Å²) in [5.74, 6) is 0. The van der Waals surface area contributed by atoms with Gasteiger partial charge in [-0.3, -0.25) is 0 Å². The molecular formula is C12H22. The summed E-state index contributed by atoms with van der Waals surface area (Å²) in [5.41, 5.74) is 2.73. The monoisotopic (exact) mass is 166 g/mol. The van der Waals surface area contributed by atoms with E-state index in [1.54, 1.807) is 0 Å². The van der Waals surface area contributed by atoms with Crippen molar-refractivity contribution in [1.29, 1.82) is 0 Å². The molecule has 1 aliphatic carbocycles. The molecule has 0 unspecified atom stereocenters. The van der Waals surface area contributed by atoms with Crippen LogP contribution in [-0.2, 0) is 0 Å². The van der Waals surface area contributed by atoms with E-state index >= 15 is 0 Å². The van der Waals surface area contributed by atoms with E-state index < -0.39 is 0 Å². The molecule has 1 rings (SSSR count). The maximum atomic E-state index is 3.68. The highest BCUT2D eigenvalue weighted by Gasteiger charge is 1.97. The molecule has 0 heteroatoms. The van der Waals surface area contributed by atoms with Gasteiger partial charge in [0.25, 0.3) is 0 Å². The molecule has 0 aromatic rings. The van der Waals surface area contributed by atoms with Gasteiger partial charge in [0.05, 0.1) is 0 Å². The molecule has 12 heavy (non-hydrogen) atoms. The summed E-state index contributed by atoms with van der Waals surface area (Å²) in [6, 6.07) is 0. The lowest BCUT2D eigenvalue weighted by Crippen LogP contribution is -1.69. The van der Waals surface area contributed by atoms with Gasteiger partial charge >= 0.3 is 0 Å². The third kappa shape index (κ3) is 4.95. The second kappa shape index (κ2) is 10.2. The Hall–Kier alpha value is -0.780. The number of allylic oxidation sites excluding steroid dienone is 5. The maximum absolute atomic E-state index is 3.68. The molecule has 0 bridgehead atoms. The van der Waals surface area contributed by atoms with E-state index in [1.165, 1.54) is 11.1 Å². The molecule has 0 fully saturated rings. The van der Waals surface area contributed by atoms with E-state index in [2.05, 4.69) is 25.7 Å². The van der Waals surface area contributed by atoms with Crippen LogP contribution in [-0.4, -0.2) is 0 Å². The summed E-state index contributed by atoms with van der Waals surface area (Å²) in [4.78, 5) is 0. The predicted octanol–water partition coefficient (Wildman–Crippen LogP) is 4.50. The molecule has 0 N–H and O–H groups in total. The van der Waals surface area contributed by atoms with Crippen molar-refractivity contribution in [2.45, 2.75) is 41.0 Å². The SMILES string of the molecule is C=CC1=C(C)CC=C1.CC.CC. The Bertz CT molecular complexity index is 159. The Kier molecular flexibility index (Phi) is 11.7. The van der Waals surface area contributed by atoms with Crippen molar-refractivity contribution in [2.24, 2.45) is 0 Å². The van der Waals surface area contributed by atoms with E-state index in [-0.39, 0.29) is 0 Å². The van der Waals surface area contributed by atoms with E-state index in [1.807, 2.05) is 33.8 Å². The zero-order valence-electron chi connectivity index (χ0n) is 9.15. The smallest absolute Gasteiger partial charge is 0.0129 e. The van der Waals surface area contributed by atoms with Crippen molar-refractivity contribution in [3.8, 4) is 0 Å². The third-order valence-electron chi connectivity index (χ3n) is 1.43. The fraction of sp³-hybridized carbons (Fsp3) is 0.500. The Morgan fingerprint density at radius 1 is 1.25 bits per heavy atom. The molecule has 0 atom stereocenters. The van der Waals surface area contributed by atoms with Gasteiger partial charge in [-0.1, -0.05) is 58.1 Å². The molecular weight excluding hydrogens is 144 g/mol. The fourth-order valence-electron chi connectivity index (χ4n) is 0.865. The molecule has 0 radical (unpaired) electrons. The zero-order chi connectivity index (χ0) is 9.98. The van der Waals surface area contributed by atoms with Gasteiger partial charge in [-0.25, -0.2) is 0 Å². The molecule has 0 spiro atoms. The molecule has 0 aromatic heterocycles. The van der Waals surface area contributed by atoms with Gasteiger partial charge in [-0.15, -0.1) is 0 Å². The normalized spacial score (nSPS) is 12.8. The van der Waals surface area contributed by atoms with E-state index in [9.17, 15) is 0 Å². The van der Waals surface area contributed by atoms with E-state index in [0.29, 0.717) is 0 Å². The van der Waals surface area contributed by atoms with Crippen LogP contribution in [0.25, 0.3) is 0 Å². The fourth-order valence-corrected chi connectivity index (χ4v) is 0.865. The van der Waals surface area contributed by atoms with Gasteiger partial charge in [0.1, 0.15) is 0 Å². The van der Waals surface area contributed by atoms with E-state index in [4.69, 9.17) is 0 Å². The molecule has 0 saturated carbocycles. The lowest BCUT2D eigenvalue weighted by atomic mass is 10.2. The first-order valence-corrected chi connectivity index (χ1v) is 4.83. The first kappa shape index (κ1) is 13.8. The van der Waals surface area contributed by atoms with Crippen molar-refractivity contribution < 1.29 is 0 Å². The summed E-state index contributed by atoms with van der Waals surface area (Å²) in [7, 11) is 0. The predicted molar refractivity (Wildman–Crippen MR) is 59.4 cm³/mol. The Morgan fingerprint density at radius 3 is 1.92 bits per heavy atom.